The number of alkyl halides is 3. The van der Waals surface area contributed by atoms with Crippen LogP contribution < -0.4 is 0 Å². The minimum absolute atomic E-state index is 0.195. The Balaban J connectivity index is 1.56. The summed E-state index contributed by atoms with van der Waals surface area (Å²) in [5, 5.41) is 2.01. The Kier molecular flexibility index (Phi) is 4.47. The van der Waals surface area contributed by atoms with E-state index < -0.39 is 11.7 Å². The van der Waals surface area contributed by atoms with Crippen molar-refractivity contribution < 1.29 is 18.0 Å². The highest BCUT2D eigenvalue weighted by atomic mass is 32.1. The number of carbonyl (C=O) groups is 1. The standard InChI is InChI=1S/C20H15F3N2OS/c21-20(22,23)16-7-3-6-14(10-16)18-24-17(12-27-18)19(26)25-9-8-13-4-1-2-5-15(13)11-25/h1-7,10,12H,8-9,11H2. The molecule has 2 heterocycles. The minimum atomic E-state index is -4.41. The SMILES string of the molecule is O=C(c1csc(-c2cccc(C(F)(F)F)c2)n1)N1CCc2ccccc2C1. The fourth-order valence-corrected chi connectivity index (χ4v) is 3.96. The Bertz CT molecular complexity index is 997. The molecule has 0 spiro atoms. The predicted octanol–water partition coefficient (Wildman–Crippen LogP) is 5.03. The van der Waals surface area contributed by atoms with Crippen molar-refractivity contribution in [1.82, 2.24) is 9.88 Å². The lowest BCUT2D eigenvalue weighted by molar-refractivity contribution is -0.137. The fourth-order valence-electron chi connectivity index (χ4n) is 3.16. The molecule has 1 aliphatic rings. The summed E-state index contributed by atoms with van der Waals surface area (Å²) in [6, 6.07) is 13.0. The van der Waals surface area contributed by atoms with Crippen molar-refractivity contribution in [2.24, 2.45) is 0 Å². The molecule has 0 unspecified atom stereocenters. The summed E-state index contributed by atoms with van der Waals surface area (Å²) in [4.78, 5) is 18.8. The molecular formula is C20H15F3N2OS. The molecule has 0 fully saturated rings. The van der Waals surface area contributed by atoms with Crippen LogP contribution in [0, 0.1) is 0 Å². The van der Waals surface area contributed by atoms with Gasteiger partial charge in [0, 0.05) is 24.0 Å². The molecule has 1 aliphatic heterocycles. The second-order valence-electron chi connectivity index (χ2n) is 6.36. The molecule has 0 N–H and O–H groups in total. The van der Waals surface area contributed by atoms with Gasteiger partial charge in [0.25, 0.3) is 5.91 Å². The minimum Gasteiger partial charge on any atom is -0.333 e. The third-order valence-corrected chi connectivity index (χ3v) is 5.47. The molecule has 27 heavy (non-hydrogen) atoms. The van der Waals surface area contributed by atoms with Crippen molar-refractivity contribution in [2.75, 3.05) is 6.54 Å². The van der Waals surface area contributed by atoms with E-state index in [0.29, 0.717) is 23.7 Å². The molecule has 4 rings (SSSR count). The van der Waals surface area contributed by atoms with Crippen molar-refractivity contribution in [3.05, 3.63) is 76.3 Å². The second-order valence-corrected chi connectivity index (χ2v) is 7.22. The van der Waals surface area contributed by atoms with Gasteiger partial charge in [-0.15, -0.1) is 11.3 Å². The average Bonchev–Trinajstić information content (AvgIpc) is 3.17. The number of carbonyl (C=O) groups excluding carboxylic acids is 1. The van der Waals surface area contributed by atoms with Gasteiger partial charge in [-0.05, 0) is 29.7 Å². The zero-order chi connectivity index (χ0) is 19.0. The van der Waals surface area contributed by atoms with E-state index >= 15 is 0 Å². The molecule has 0 saturated carbocycles. The molecule has 0 bridgehead atoms. The van der Waals surface area contributed by atoms with Crippen molar-refractivity contribution in [3.63, 3.8) is 0 Å². The van der Waals surface area contributed by atoms with Crippen LogP contribution in [-0.4, -0.2) is 22.3 Å². The molecular weight excluding hydrogens is 373 g/mol. The Labute approximate surface area is 158 Å². The van der Waals surface area contributed by atoms with Crippen LogP contribution in [0.25, 0.3) is 10.6 Å². The van der Waals surface area contributed by atoms with Gasteiger partial charge in [0.15, 0.2) is 0 Å². The van der Waals surface area contributed by atoms with E-state index in [4.69, 9.17) is 0 Å². The number of fused-ring (bicyclic) bond motifs is 1. The highest BCUT2D eigenvalue weighted by Crippen LogP contribution is 2.33. The van der Waals surface area contributed by atoms with E-state index in [-0.39, 0.29) is 11.6 Å². The van der Waals surface area contributed by atoms with Crippen LogP contribution in [0.4, 0.5) is 13.2 Å². The highest BCUT2D eigenvalue weighted by molar-refractivity contribution is 7.13. The quantitative estimate of drug-likeness (QED) is 0.617. The van der Waals surface area contributed by atoms with Gasteiger partial charge in [-0.1, -0.05) is 36.4 Å². The van der Waals surface area contributed by atoms with Crippen molar-refractivity contribution in [2.45, 2.75) is 19.1 Å². The van der Waals surface area contributed by atoms with Crippen molar-refractivity contribution >= 4 is 17.2 Å². The number of aromatic nitrogens is 1. The number of rotatable bonds is 2. The number of nitrogens with zero attached hydrogens (tertiary/aromatic N) is 2. The molecule has 0 radical (unpaired) electrons. The van der Waals surface area contributed by atoms with Gasteiger partial charge in [-0.2, -0.15) is 13.2 Å². The molecule has 2 aromatic carbocycles. The van der Waals surface area contributed by atoms with Crippen LogP contribution in [0.3, 0.4) is 0 Å². The summed E-state index contributed by atoms with van der Waals surface area (Å²) in [6.07, 6.45) is -3.63. The summed E-state index contributed by atoms with van der Waals surface area (Å²) < 4.78 is 38.7. The Morgan fingerprint density at radius 2 is 1.85 bits per heavy atom. The molecule has 1 amide bonds. The average molecular weight is 388 g/mol. The number of hydrogen-bond acceptors (Lipinski definition) is 3. The van der Waals surface area contributed by atoms with E-state index in [1.165, 1.54) is 23.0 Å². The van der Waals surface area contributed by atoms with Gasteiger partial charge in [0.05, 0.1) is 5.56 Å². The zero-order valence-corrected chi connectivity index (χ0v) is 15.0. The molecule has 3 aromatic rings. The maximum Gasteiger partial charge on any atom is 0.416 e. The third kappa shape index (κ3) is 3.60. The van der Waals surface area contributed by atoms with Crippen LogP contribution in [0.5, 0.6) is 0 Å². The largest absolute Gasteiger partial charge is 0.416 e. The smallest absolute Gasteiger partial charge is 0.333 e. The van der Waals surface area contributed by atoms with E-state index in [2.05, 4.69) is 11.1 Å². The first kappa shape index (κ1) is 17.7. The number of benzene rings is 2. The van der Waals surface area contributed by atoms with Crippen LogP contribution in [0.1, 0.15) is 27.2 Å². The van der Waals surface area contributed by atoms with Crippen LogP contribution >= 0.6 is 11.3 Å². The summed E-state index contributed by atoms with van der Waals surface area (Å²) in [5.74, 6) is -0.195. The normalized spacial score (nSPS) is 14.1. The van der Waals surface area contributed by atoms with E-state index in [1.54, 1.807) is 16.3 Å². The van der Waals surface area contributed by atoms with Crippen molar-refractivity contribution in [3.8, 4) is 10.6 Å². The molecule has 0 aliphatic carbocycles. The molecule has 7 heteroatoms. The predicted molar refractivity (Wildman–Crippen MR) is 97.4 cm³/mol. The van der Waals surface area contributed by atoms with Crippen LogP contribution in [0.2, 0.25) is 0 Å². The van der Waals surface area contributed by atoms with Gasteiger partial charge in [0.2, 0.25) is 0 Å². The molecule has 3 nitrogen and oxygen atoms in total. The first-order chi connectivity index (χ1) is 12.9. The maximum absolute atomic E-state index is 12.9. The third-order valence-electron chi connectivity index (χ3n) is 4.58. The summed E-state index contributed by atoms with van der Waals surface area (Å²) >= 11 is 1.17. The Hall–Kier alpha value is -2.67. The number of amides is 1. The molecule has 1 aromatic heterocycles. The van der Waals surface area contributed by atoms with Gasteiger partial charge in [-0.25, -0.2) is 4.98 Å². The highest BCUT2D eigenvalue weighted by Gasteiger charge is 2.31. The lowest BCUT2D eigenvalue weighted by atomic mass is 10.00. The number of halogens is 3. The fraction of sp³-hybridized carbons (Fsp3) is 0.200. The monoisotopic (exact) mass is 388 g/mol. The summed E-state index contributed by atoms with van der Waals surface area (Å²) in [6.45, 7) is 1.12. The summed E-state index contributed by atoms with van der Waals surface area (Å²) in [5.41, 5.74) is 2.26. The Morgan fingerprint density at radius 1 is 1.07 bits per heavy atom. The lowest BCUT2D eigenvalue weighted by Crippen LogP contribution is -2.36. The van der Waals surface area contributed by atoms with Gasteiger partial charge in [-0.3, -0.25) is 4.79 Å². The first-order valence-corrected chi connectivity index (χ1v) is 9.29. The van der Waals surface area contributed by atoms with Gasteiger partial charge >= 0.3 is 6.18 Å². The van der Waals surface area contributed by atoms with Crippen LogP contribution in [0.15, 0.2) is 53.9 Å². The van der Waals surface area contributed by atoms with Crippen molar-refractivity contribution in [1.29, 1.82) is 0 Å². The topological polar surface area (TPSA) is 33.2 Å². The zero-order valence-electron chi connectivity index (χ0n) is 14.2. The number of thiazole rings is 1. The lowest BCUT2D eigenvalue weighted by Gasteiger charge is -2.28. The summed E-state index contributed by atoms with van der Waals surface area (Å²) in [7, 11) is 0. The van der Waals surface area contributed by atoms with E-state index in [9.17, 15) is 18.0 Å². The first-order valence-electron chi connectivity index (χ1n) is 8.41. The van der Waals surface area contributed by atoms with E-state index in [1.807, 2.05) is 18.2 Å². The number of hydrogen-bond donors (Lipinski definition) is 0. The maximum atomic E-state index is 12.9. The van der Waals surface area contributed by atoms with Gasteiger partial charge in [0.1, 0.15) is 10.7 Å². The van der Waals surface area contributed by atoms with E-state index in [0.717, 1.165) is 24.1 Å². The second kappa shape index (κ2) is 6.81. The van der Waals surface area contributed by atoms with Crippen LogP contribution in [-0.2, 0) is 19.1 Å². The molecule has 0 saturated heterocycles. The van der Waals surface area contributed by atoms with Gasteiger partial charge < -0.3 is 4.90 Å². The molecule has 0 atom stereocenters. The molecule has 138 valence electrons. The Morgan fingerprint density at radius 3 is 2.63 bits per heavy atom.